The molecule has 1 saturated heterocycles. The molecule has 3 amide bonds. The Labute approximate surface area is 149 Å². The standard InChI is InChI=1S/C17H18ClN3O2S/c18-13-4-1-2-5-14(13)19-16(22)12-7-9-21(10-8-12)17(23)20-15-6-3-11-24-15/h1-6,11-12H,7-10H2,(H,19,22)(H,20,23). The topological polar surface area (TPSA) is 61.4 Å². The molecule has 0 saturated carbocycles. The number of thiophene rings is 1. The molecule has 0 spiro atoms. The molecule has 2 aromatic rings. The molecule has 126 valence electrons. The Morgan fingerprint density at radius 3 is 2.50 bits per heavy atom. The zero-order valence-corrected chi connectivity index (χ0v) is 14.6. The summed E-state index contributed by atoms with van der Waals surface area (Å²) < 4.78 is 0. The van der Waals surface area contributed by atoms with Gasteiger partial charge in [-0.1, -0.05) is 23.7 Å². The number of rotatable bonds is 3. The summed E-state index contributed by atoms with van der Waals surface area (Å²) in [4.78, 5) is 26.3. The second-order valence-corrected chi connectivity index (χ2v) is 6.99. The lowest BCUT2D eigenvalue weighted by Crippen LogP contribution is -2.43. The third kappa shape index (κ3) is 4.07. The van der Waals surface area contributed by atoms with E-state index in [1.165, 1.54) is 11.3 Å². The van der Waals surface area contributed by atoms with Gasteiger partial charge in [0.2, 0.25) is 5.91 Å². The van der Waals surface area contributed by atoms with E-state index in [1.54, 1.807) is 17.0 Å². The lowest BCUT2D eigenvalue weighted by atomic mass is 9.96. The number of amides is 3. The Balaban J connectivity index is 1.50. The summed E-state index contributed by atoms with van der Waals surface area (Å²) in [6.45, 7) is 1.13. The molecule has 1 aliphatic rings. The van der Waals surface area contributed by atoms with Gasteiger partial charge in [-0.3, -0.25) is 10.1 Å². The van der Waals surface area contributed by atoms with Crippen LogP contribution in [-0.4, -0.2) is 29.9 Å². The Bertz CT molecular complexity index is 712. The SMILES string of the molecule is O=C(Nc1ccccc1Cl)C1CCN(C(=O)Nc2cccs2)CC1. The second kappa shape index (κ2) is 7.68. The maximum Gasteiger partial charge on any atom is 0.322 e. The van der Waals surface area contributed by atoms with Gasteiger partial charge >= 0.3 is 6.03 Å². The molecule has 5 nitrogen and oxygen atoms in total. The van der Waals surface area contributed by atoms with Crippen molar-refractivity contribution in [1.82, 2.24) is 4.90 Å². The van der Waals surface area contributed by atoms with Gasteiger partial charge in [-0.25, -0.2) is 4.79 Å². The van der Waals surface area contributed by atoms with Crippen molar-refractivity contribution in [3.8, 4) is 0 Å². The largest absolute Gasteiger partial charge is 0.325 e. The van der Waals surface area contributed by atoms with Crippen molar-refractivity contribution < 1.29 is 9.59 Å². The van der Waals surface area contributed by atoms with Crippen molar-refractivity contribution in [2.24, 2.45) is 5.92 Å². The molecule has 0 bridgehead atoms. The molecule has 3 rings (SSSR count). The molecule has 0 unspecified atom stereocenters. The number of halogens is 1. The van der Waals surface area contributed by atoms with E-state index in [0.717, 1.165) is 5.00 Å². The number of nitrogens with zero attached hydrogens (tertiary/aromatic N) is 1. The summed E-state index contributed by atoms with van der Waals surface area (Å²) >= 11 is 7.55. The quantitative estimate of drug-likeness (QED) is 0.854. The number of carbonyl (C=O) groups excluding carboxylic acids is 2. The lowest BCUT2D eigenvalue weighted by Gasteiger charge is -2.31. The first kappa shape index (κ1) is 16.8. The van der Waals surface area contributed by atoms with Crippen LogP contribution in [-0.2, 0) is 4.79 Å². The summed E-state index contributed by atoms with van der Waals surface area (Å²) in [5, 5.41) is 9.02. The van der Waals surface area contributed by atoms with Gasteiger partial charge in [-0.15, -0.1) is 11.3 Å². The second-order valence-electron chi connectivity index (χ2n) is 5.64. The van der Waals surface area contributed by atoms with Gasteiger partial charge < -0.3 is 10.2 Å². The van der Waals surface area contributed by atoms with E-state index >= 15 is 0 Å². The minimum absolute atomic E-state index is 0.0404. The van der Waals surface area contributed by atoms with E-state index < -0.39 is 0 Å². The molecule has 1 aromatic carbocycles. The fourth-order valence-electron chi connectivity index (χ4n) is 2.68. The van der Waals surface area contributed by atoms with Gasteiger partial charge in [-0.05, 0) is 42.5 Å². The fraction of sp³-hybridized carbons (Fsp3) is 0.294. The van der Waals surface area contributed by atoms with Crippen molar-refractivity contribution >= 4 is 45.6 Å². The zero-order chi connectivity index (χ0) is 16.9. The van der Waals surface area contributed by atoms with E-state index in [4.69, 9.17) is 11.6 Å². The van der Waals surface area contributed by atoms with Crippen LogP contribution >= 0.6 is 22.9 Å². The van der Waals surface area contributed by atoms with E-state index in [0.29, 0.717) is 36.6 Å². The van der Waals surface area contributed by atoms with E-state index in [2.05, 4.69) is 10.6 Å². The van der Waals surface area contributed by atoms with Crippen molar-refractivity contribution in [2.75, 3.05) is 23.7 Å². The predicted octanol–water partition coefficient (Wildman–Crippen LogP) is 4.28. The van der Waals surface area contributed by atoms with Crippen LogP contribution in [0.3, 0.4) is 0 Å². The third-order valence-corrected chi connectivity index (χ3v) is 5.15. The van der Waals surface area contributed by atoms with Gasteiger partial charge in [0.05, 0.1) is 15.7 Å². The van der Waals surface area contributed by atoms with Crippen LogP contribution in [0.5, 0.6) is 0 Å². The number of hydrogen-bond acceptors (Lipinski definition) is 3. The summed E-state index contributed by atoms with van der Waals surface area (Å²) in [6.07, 6.45) is 1.29. The number of nitrogens with one attached hydrogen (secondary N) is 2. The molecule has 1 aromatic heterocycles. The summed E-state index contributed by atoms with van der Waals surface area (Å²) in [5.41, 5.74) is 0.627. The van der Waals surface area contributed by atoms with Crippen LogP contribution in [0.1, 0.15) is 12.8 Å². The fourth-order valence-corrected chi connectivity index (χ4v) is 3.47. The Morgan fingerprint density at radius 1 is 1.08 bits per heavy atom. The van der Waals surface area contributed by atoms with Crippen LogP contribution in [0.2, 0.25) is 5.02 Å². The van der Waals surface area contributed by atoms with E-state index in [-0.39, 0.29) is 17.9 Å². The molecule has 2 N–H and O–H groups in total. The first-order valence-electron chi connectivity index (χ1n) is 7.78. The number of anilines is 2. The van der Waals surface area contributed by atoms with Crippen LogP contribution < -0.4 is 10.6 Å². The summed E-state index contributed by atoms with van der Waals surface area (Å²) in [6, 6.07) is 10.8. The van der Waals surface area contributed by atoms with E-state index in [1.807, 2.05) is 29.6 Å². The van der Waals surface area contributed by atoms with Gasteiger partial charge in [-0.2, -0.15) is 0 Å². The van der Waals surface area contributed by atoms with Crippen molar-refractivity contribution in [2.45, 2.75) is 12.8 Å². The van der Waals surface area contributed by atoms with Crippen LogP contribution in [0, 0.1) is 5.92 Å². The highest BCUT2D eigenvalue weighted by atomic mass is 35.5. The van der Waals surface area contributed by atoms with Crippen LogP contribution in [0.15, 0.2) is 41.8 Å². The van der Waals surface area contributed by atoms with Gasteiger partial charge in [0, 0.05) is 19.0 Å². The number of para-hydroxylation sites is 1. The minimum Gasteiger partial charge on any atom is -0.325 e. The van der Waals surface area contributed by atoms with E-state index in [9.17, 15) is 9.59 Å². The molecule has 24 heavy (non-hydrogen) atoms. The first-order chi connectivity index (χ1) is 11.6. The Morgan fingerprint density at radius 2 is 1.83 bits per heavy atom. The maximum atomic E-state index is 12.4. The monoisotopic (exact) mass is 363 g/mol. The average molecular weight is 364 g/mol. The minimum atomic E-state index is -0.109. The number of likely N-dealkylation sites (tertiary alicyclic amines) is 1. The number of benzene rings is 1. The van der Waals surface area contributed by atoms with Crippen molar-refractivity contribution in [3.05, 3.63) is 46.8 Å². The summed E-state index contributed by atoms with van der Waals surface area (Å²) in [5.74, 6) is -0.145. The van der Waals surface area contributed by atoms with Crippen molar-refractivity contribution in [3.63, 3.8) is 0 Å². The maximum absolute atomic E-state index is 12.4. The average Bonchev–Trinajstić information content (AvgIpc) is 3.10. The molecule has 0 aliphatic carbocycles. The molecule has 2 heterocycles. The van der Waals surface area contributed by atoms with Gasteiger partial charge in [0.1, 0.15) is 0 Å². The number of hydrogen-bond donors (Lipinski definition) is 2. The number of piperidine rings is 1. The molecule has 1 aliphatic heterocycles. The molecule has 7 heteroatoms. The summed E-state index contributed by atoms with van der Waals surface area (Å²) in [7, 11) is 0. The normalized spacial score (nSPS) is 15.1. The Kier molecular flexibility index (Phi) is 5.37. The predicted molar refractivity (Wildman–Crippen MR) is 97.7 cm³/mol. The third-order valence-electron chi connectivity index (χ3n) is 4.04. The van der Waals surface area contributed by atoms with Gasteiger partial charge in [0.25, 0.3) is 0 Å². The Hall–Kier alpha value is -2.05. The molecule has 0 atom stereocenters. The number of urea groups is 1. The molecular formula is C17H18ClN3O2S. The molecular weight excluding hydrogens is 346 g/mol. The van der Waals surface area contributed by atoms with Gasteiger partial charge in [0.15, 0.2) is 0 Å². The highest BCUT2D eigenvalue weighted by molar-refractivity contribution is 7.14. The smallest absolute Gasteiger partial charge is 0.322 e. The lowest BCUT2D eigenvalue weighted by molar-refractivity contribution is -0.121. The number of carbonyl (C=O) groups is 2. The highest BCUT2D eigenvalue weighted by Gasteiger charge is 2.27. The highest BCUT2D eigenvalue weighted by Crippen LogP contribution is 2.24. The first-order valence-corrected chi connectivity index (χ1v) is 9.04. The van der Waals surface area contributed by atoms with Crippen molar-refractivity contribution in [1.29, 1.82) is 0 Å². The zero-order valence-electron chi connectivity index (χ0n) is 13.0. The molecule has 1 fully saturated rings. The van der Waals surface area contributed by atoms with Crippen LogP contribution in [0.4, 0.5) is 15.5 Å². The molecule has 0 radical (unpaired) electrons. The van der Waals surface area contributed by atoms with Crippen LogP contribution in [0.25, 0.3) is 0 Å².